The Kier molecular flexibility index (Phi) is 5.04. The minimum Gasteiger partial charge on any atom is -0.339 e. The lowest BCUT2D eigenvalue weighted by Crippen LogP contribution is -2.50. The standard InChI is InChI=1S/C20H18BrN5O2/c1-13(27)25-4-6-26(7-5-25)20(28)15-8-14(10-22-11-15)19-17-9-16(21)2-3-18(17)23-12-24-19/h2-3,8-12H,4-7H2,1H3. The predicted octanol–water partition coefficient (Wildman–Crippen LogP) is 2.76. The topological polar surface area (TPSA) is 79.3 Å². The van der Waals surface area contributed by atoms with Crippen LogP contribution in [0.1, 0.15) is 17.3 Å². The van der Waals surface area contributed by atoms with Gasteiger partial charge in [0.25, 0.3) is 5.91 Å². The van der Waals surface area contributed by atoms with Crippen LogP contribution in [0.2, 0.25) is 0 Å². The van der Waals surface area contributed by atoms with Crippen LogP contribution in [0.3, 0.4) is 0 Å². The van der Waals surface area contributed by atoms with Crippen LogP contribution in [0.5, 0.6) is 0 Å². The van der Waals surface area contributed by atoms with Crippen molar-refractivity contribution in [2.75, 3.05) is 26.2 Å². The molecule has 4 rings (SSSR count). The second-order valence-corrected chi connectivity index (χ2v) is 7.56. The number of amides is 2. The average molecular weight is 440 g/mol. The Balaban J connectivity index is 1.63. The van der Waals surface area contributed by atoms with Crippen molar-refractivity contribution >= 4 is 38.6 Å². The summed E-state index contributed by atoms with van der Waals surface area (Å²) in [6, 6.07) is 7.62. The van der Waals surface area contributed by atoms with Crippen molar-refractivity contribution in [3.8, 4) is 11.3 Å². The maximum absolute atomic E-state index is 12.9. The maximum Gasteiger partial charge on any atom is 0.255 e. The molecule has 0 spiro atoms. The van der Waals surface area contributed by atoms with E-state index in [1.54, 1.807) is 29.1 Å². The minimum absolute atomic E-state index is 0.0394. The Morgan fingerprint density at radius 1 is 1.00 bits per heavy atom. The third kappa shape index (κ3) is 3.60. The fourth-order valence-electron chi connectivity index (χ4n) is 3.35. The van der Waals surface area contributed by atoms with Gasteiger partial charge in [-0.25, -0.2) is 9.97 Å². The highest BCUT2D eigenvalue weighted by Gasteiger charge is 2.24. The summed E-state index contributed by atoms with van der Waals surface area (Å²) >= 11 is 3.48. The molecule has 1 saturated heterocycles. The van der Waals surface area contributed by atoms with Crippen molar-refractivity contribution in [3.05, 3.63) is 53.0 Å². The molecular weight excluding hydrogens is 422 g/mol. The van der Waals surface area contributed by atoms with E-state index in [-0.39, 0.29) is 11.8 Å². The van der Waals surface area contributed by atoms with Crippen molar-refractivity contribution in [3.63, 3.8) is 0 Å². The summed E-state index contributed by atoms with van der Waals surface area (Å²) in [5.74, 6) is -0.0466. The number of pyridine rings is 1. The molecule has 3 heterocycles. The Hall–Kier alpha value is -2.87. The number of piperazine rings is 1. The second-order valence-electron chi connectivity index (χ2n) is 6.64. The van der Waals surface area contributed by atoms with Gasteiger partial charge >= 0.3 is 0 Å². The first-order valence-electron chi connectivity index (χ1n) is 8.93. The maximum atomic E-state index is 12.9. The molecule has 2 amide bonds. The molecule has 0 saturated carbocycles. The number of rotatable bonds is 2. The minimum atomic E-state index is -0.0860. The van der Waals surface area contributed by atoms with Crippen LogP contribution >= 0.6 is 15.9 Å². The van der Waals surface area contributed by atoms with Gasteiger partial charge in [-0.05, 0) is 24.3 Å². The van der Waals surface area contributed by atoms with Crippen molar-refractivity contribution in [2.24, 2.45) is 0 Å². The largest absolute Gasteiger partial charge is 0.339 e. The van der Waals surface area contributed by atoms with Crippen molar-refractivity contribution in [2.45, 2.75) is 6.92 Å². The number of carbonyl (C=O) groups excluding carboxylic acids is 2. The van der Waals surface area contributed by atoms with Crippen molar-refractivity contribution < 1.29 is 9.59 Å². The van der Waals surface area contributed by atoms with Crippen LogP contribution in [-0.4, -0.2) is 62.7 Å². The molecule has 142 valence electrons. The van der Waals surface area contributed by atoms with E-state index in [1.807, 2.05) is 24.3 Å². The normalized spacial score (nSPS) is 14.4. The monoisotopic (exact) mass is 439 g/mol. The zero-order valence-electron chi connectivity index (χ0n) is 15.3. The lowest BCUT2D eigenvalue weighted by Gasteiger charge is -2.34. The summed E-state index contributed by atoms with van der Waals surface area (Å²) in [5, 5.41) is 0.887. The van der Waals surface area contributed by atoms with Gasteiger partial charge in [0.2, 0.25) is 5.91 Å². The second kappa shape index (κ2) is 7.63. The molecule has 28 heavy (non-hydrogen) atoms. The van der Waals surface area contributed by atoms with Crippen LogP contribution in [-0.2, 0) is 4.79 Å². The quantitative estimate of drug-likeness (QED) is 0.613. The predicted molar refractivity (Wildman–Crippen MR) is 109 cm³/mol. The Labute approximate surface area is 170 Å². The first-order valence-corrected chi connectivity index (χ1v) is 9.73. The van der Waals surface area contributed by atoms with Gasteiger partial charge in [0.15, 0.2) is 0 Å². The molecule has 1 aliphatic heterocycles. The first-order chi connectivity index (χ1) is 13.5. The number of fused-ring (bicyclic) bond motifs is 1. The van der Waals surface area contributed by atoms with Crippen LogP contribution in [0, 0.1) is 0 Å². The van der Waals surface area contributed by atoms with E-state index in [1.165, 1.54) is 6.33 Å². The van der Waals surface area contributed by atoms with Gasteiger partial charge in [-0.1, -0.05) is 15.9 Å². The summed E-state index contributed by atoms with van der Waals surface area (Å²) in [6.45, 7) is 3.70. The lowest BCUT2D eigenvalue weighted by molar-refractivity contribution is -0.130. The van der Waals surface area contributed by atoms with Gasteiger partial charge in [0.1, 0.15) is 6.33 Å². The first kappa shape index (κ1) is 18.5. The van der Waals surface area contributed by atoms with Crippen molar-refractivity contribution in [1.82, 2.24) is 24.8 Å². The van der Waals surface area contributed by atoms with Gasteiger partial charge in [-0.15, -0.1) is 0 Å². The molecule has 3 aromatic rings. The highest BCUT2D eigenvalue weighted by atomic mass is 79.9. The zero-order valence-corrected chi connectivity index (χ0v) is 16.9. The number of halogens is 1. The third-order valence-corrected chi connectivity index (χ3v) is 5.36. The van der Waals surface area contributed by atoms with Gasteiger partial charge in [-0.3, -0.25) is 14.6 Å². The Bertz CT molecular complexity index is 1060. The van der Waals surface area contributed by atoms with E-state index in [4.69, 9.17) is 0 Å². The average Bonchev–Trinajstić information content (AvgIpc) is 2.73. The molecule has 0 atom stereocenters. The summed E-state index contributed by atoms with van der Waals surface area (Å²) in [7, 11) is 0. The van der Waals surface area contributed by atoms with Gasteiger partial charge < -0.3 is 9.80 Å². The van der Waals surface area contributed by atoms with E-state index in [0.29, 0.717) is 31.7 Å². The molecule has 0 bridgehead atoms. The lowest BCUT2D eigenvalue weighted by atomic mass is 10.1. The molecule has 0 N–H and O–H groups in total. The third-order valence-electron chi connectivity index (χ3n) is 4.87. The van der Waals surface area contributed by atoms with E-state index in [9.17, 15) is 9.59 Å². The number of nitrogens with zero attached hydrogens (tertiary/aromatic N) is 5. The van der Waals surface area contributed by atoms with Crippen LogP contribution in [0.25, 0.3) is 22.2 Å². The SMILES string of the molecule is CC(=O)N1CCN(C(=O)c2cncc(-c3ncnc4ccc(Br)cc34)c2)CC1. The summed E-state index contributed by atoms with van der Waals surface area (Å²) in [5.41, 5.74) is 2.83. The zero-order chi connectivity index (χ0) is 19.7. The van der Waals surface area contributed by atoms with E-state index < -0.39 is 0 Å². The highest BCUT2D eigenvalue weighted by molar-refractivity contribution is 9.10. The fraction of sp³-hybridized carbons (Fsp3) is 0.250. The molecule has 1 aliphatic rings. The van der Waals surface area contributed by atoms with Crippen LogP contribution in [0.15, 0.2) is 47.5 Å². The number of hydrogen-bond acceptors (Lipinski definition) is 5. The highest BCUT2D eigenvalue weighted by Crippen LogP contribution is 2.28. The molecule has 2 aromatic heterocycles. The molecule has 8 heteroatoms. The molecule has 0 unspecified atom stereocenters. The number of benzene rings is 1. The van der Waals surface area contributed by atoms with Crippen LogP contribution in [0.4, 0.5) is 0 Å². The van der Waals surface area contributed by atoms with Crippen LogP contribution < -0.4 is 0 Å². The number of hydrogen-bond donors (Lipinski definition) is 0. The smallest absolute Gasteiger partial charge is 0.255 e. The molecule has 0 radical (unpaired) electrons. The van der Waals surface area contributed by atoms with Gasteiger partial charge in [0, 0.05) is 60.9 Å². The summed E-state index contributed by atoms with van der Waals surface area (Å²) < 4.78 is 0.930. The Morgan fingerprint density at radius 3 is 2.50 bits per heavy atom. The van der Waals surface area contributed by atoms with Gasteiger partial charge in [-0.2, -0.15) is 0 Å². The Morgan fingerprint density at radius 2 is 1.75 bits per heavy atom. The molecule has 0 aliphatic carbocycles. The van der Waals surface area contributed by atoms with Gasteiger partial charge in [0.05, 0.1) is 16.8 Å². The molecule has 1 fully saturated rings. The molecule has 1 aromatic carbocycles. The van der Waals surface area contributed by atoms with E-state index in [2.05, 4.69) is 30.9 Å². The van der Waals surface area contributed by atoms with E-state index in [0.717, 1.165) is 26.6 Å². The number of aromatic nitrogens is 3. The molecule has 7 nitrogen and oxygen atoms in total. The van der Waals surface area contributed by atoms with E-state index >= 15 is 0 Å². The number of carbonyl (C=O) groups is 2. The molecular formula is C20H18BrN5O2. The summed E-state index contributed by atoms with van der Waals surface area (Å²) in [6.07, 6.45) is 4.79. The summed E-state index contributed by atoms with van der Waals surface area (Å²) in [4.78, 5) is 40.9. The fourth-order valence-corrected chi connectivity index (χ4v) is 3.71. The van der Waals surface area contributed by atoms with Crippen molar-refractivity contribution in [1.29, 1.82) is 0 Å².